The predicted octanol–water partition coefficient (Wildman–Crippen LogP) is 1.77. The van der Waals surface area contributed by atoms with Crippen LogP contribution in [0.5, 0.6) is 0 Å². The van der Waals surface area contributed by atoms with E-state index in [-0.39, 0.29) is 42.4 Å². The van der Waals surface area contributed by atoms with Crippen molar-refractivity contribution in [1.29, 1.82) is 0 Å². The van der Waals surface area contributed by atoms with E-state index in [4.69, 9.17) is 5.11 Å². The van der Waals surface area contributed by atoms with Crippen molar-refractivity contribution < 1.29 is 19.5 Å². The Kier molecular flexibility index (Phi) is 7.18. The number of carboxylic acid groups (broad SMARTS) is 1. The number of rotatable bonds is 8. The van der Waals surface area contributed by atoms with Crippen LogP contribution in [0.25, 0.3) is 0 Å². The second kappa shape index (κ2) is 9.19. The van der Waals surface area contributed by atoms with E-state index in [9.17, 15) is 14.4 Å². The minimum Gasteiger partial charge on any atom is -0.480 e. The van der Waals surface area contributed by atoms with Gasteiger partial charge in [-0.1, -0.05) is 39.8 Å². The van der Waals surface area contributed by atoms with E-state index < -0.39 is 5.97 Å². The zero-order chi connectivity index (χ0) is 20.9. The van der Waals surface area contributed by atoms with Gasteiger partial charge in [-0.25, -0.2) is 0 Å². The fourth-order valence-electron chi connectivity index (χ4n) is 3.34. The highest BCUT2D eigenvalue weighted by atomic mass is 16.4. The Morgan fingerprint density at radius 3 is 2.25 bits per heavy atom. The van der Waals surface area contributed by atoms with E-state index in [1.54, 1.807) is 12.1 Å². The number of carbonyl (C=O) groups is 3. The quantitative estimate of drug-likeness (QED) is 0.629. The number of nitrogens with one attached hydrogen (secondary N) is 2. The van der Waals surface area contributed by atoms with Gasteiger partial charge in [0, 0.05) is 17.6 Å². The van der Waals surface area contributed by atoms with Gasteiger partial charge in [-0.05, 0) is 42.5 Å². The first-order valence-corrected chi connectivity index (χ1v) is 9.74. The Hall–Kier alpha value is -2.41. The molecule has 0 heterocycles. The number of benzene rings is 1. The second-order valence-electron chi connectivity index (χ2n) is 8.36. The maximum absolute atomic E-state index is 12.2. The van der Waals surface area contributed by atoms with Crippen molar-refractivity contribution >= 4 is 17.8 Å². The first kappa shape index (κ1) is 21.9. The first-order chi connectivity index (χ1) is 13.1. The molecule has 1 aromatic rings. The molecular weight excluding hydrogens is 358 g/mol. The van der Waals surface area contributed by atoms with Crippen molar-refractivity contribution in [2.75, 3.05) is 19.6 Å². The molecule has 3 N–H and O–H groups in total. The molecule has 0 aromatic heterocycles. The van der Waals surface area contributed by atoms with Crippen LogP contribution in [0, 0.1) is 0 Å². The number of likely N-dealkylation sites (N-methyl/N-ethyl adjacent to an activating group) is 1. The van der Waals surface area contributed by atoms with Crippen molar-refractivity contribution in [3.63, 3.8) is 0 Å². The van der Waals surface area contributed by atoms with Crippen molar-refractivity contribution in [1.82, 2.24) is 15.5 Å². The van der Waals surface area contributed by atoms with Gasteiger partial charge in [0.25, 0.3) is 5.91 Å². The lowest BCUT2D eigenvalue weighted by atomic mass is 9.85. The van der Waals surface area contributed by atoms with E-state index in [0.717, 1.165) is 18.4 Å². The lowest BCUT2D eigenvalue weighted by Crippen LogP contribution is -2.55. The van der Waals surface area contributed by atoms with Crippen LogP contribution in [0.1, 0.15) is 56.5 Å². The molecular formula is C21H31N3O4. The summed E-state index contributed by atoms with van der Waals surface area (Å²) >= 11 is 0. The number of carbonyl (C=O) groups excluding carboxylic acids is 2. The molecule has 0 bridgehead atoms. The van der Waals surface area contributed by atoms with Crippen molar-refractivity contribution in [2.45, 2.75) is 58.0 Å². The maximum atomic E-state index is 12.2. The smallest absolute Gasteiger partial charge is 0.317 e. The zero-order valence-corrected chi connectivity index (χ0v) is 17.1. The minimum absolute atomic E-state index is 0.0197. The van der Waals surface area contributed by atoms with Crippen molar-refractivity contribution in [2.24, 2.45) is 0 Å². The number of nitrogens with zero attached hydrogens (tertiary/aromatic N) is 1. The highest BCUT2D eigenvalue weighted by molar-refractivity contribution is 5.96. The highest BCUT2D eigenvalue weighted by Crippen LogP contribution is 2.25. The Morgan fingerprint density at radius 2 is 1.75 bits per heavy atom. The summed E-state index contributed by atoms with van der Waals surface area (Å²) in [5, 5.41) is 14.4. The molecule has 1 saturated carbocycles. The monoisotopic (exact) mass is 389 g/mol. The summed E-state index contributed by atoms with van der Waals surface area (Å²) in [6.45, 7) is 8.87. The highest BCUT2D eigenvalue weighted by Gasteiger charge is 2.34. The third-order valence-electron chi connectivity index (χ3n) is 5.16. The van der Waals surface area contributed by atoms with E-state index >= 15 is 0 Å². The van der Waals surface area contributed by atoms with Crippen LogP contribution in [-0.4, -0.2) is 59.5 Å². The summed E-state index contributed by atoms with van der Waals surface area (Å²) in [5.41, 5.74) is 1.69. The van der Waals surface area contributed by atoms with Crippen LogP contribution in [0.2, 0.25) is 0 Å². The van der Waals surface area contributed by atoms with Gasteiger partial charge in [0.15, 0.2) is 0 Å². The van der Waals surface area contributed by atoms with Gasteiger partial charge < -0.3 is 15.7 Å². The van der Waals surface area contributed by atoms with Crippen LogP contribution in [-0.2, 0) is 15.0 Å². The molecule has 0 radical (unpaired) electrons. The summed E-state index contributed by atoms with van der Waals surface area (Å²) in [5.74, 6) is -1.35. The number of carboxylic acids is 1. The molecule has 0 saturated heterocycles. The molecule has 28 heavy (non-hydrogen) atoms. The predicted molar refractivity (Wildman–Crippen MR) is 107 cm³/mol. The average Bonchev–Trinajstić information content (AvgIpc) is 2.59. The van der Waals surface area contributed by atoms with Crippen LogP contribution in [0.15, 0.2) is 24.3 Å². The summed E-state index contributed by atoms with van der Waals surface area (Å²) in [6, 6.07) is 7.61. The summed E-state index contributed by atoms with van der Waals surface area (Å²) in [4.78, 5) is 37.0. The molecule has 7 heteroatoms. The standard InChI is InChI=1S/C21H31N3O4/c1-5-24(13-19(26)27)17-10-16(11-17)23-18(25)12-22-20(28)14-6-8-15(9-7-14)21(2,3)4/h6-9,16-17H,5,10-13H2,1-4H3,(H,22,28)(H,23,25)(H,26,27). The van der Waals surface area contributed by atoms with Gasteiger partial charge >= 0.3 is 5.97 Å². The van der Waals surface area contributed by atoms with Crippen LogP contribution >= 0.6 is 0 Å². The molecule has 1 aromatic carbocycles. The second-order valence-corrected chi connectivity index (χ2v) is 8.36. The van der Waals surface area contributed by atoms with Crippen LogP contribution in [0.4, 0.5) is 0 Å². The molecule has 0 spiro atoms. The van der Waals surface area contributed by atoms with E-state index in [1.807, 2.05) is 24.0 Å². The average molecular weight is 389 g/mol. The number of amides is 2. The van der Waals surface area contributed by atoms with Gasteiger partial charge in [-0.3, -0.25) is 19.3 Å². The van der Waals surface area contributed by atoms with Crippen molar-refractivity contribution in [3.05, 3.63) is 35.4 Å². The van der Waals surface area contributed by atoms with Gasteiger partial charge in [-0.15, -0.1) is 0 Å². The fraction of sp³-hybridized carbons (Fsp3) is 0.571. The maximum Gasteiger partial charge on any atom is 0.317 e. The summed E-state index contributed by atoms with van der Waals surface area (Å²) in [7, 11) is 0. The van der Waals surface area contributed by atoms with Gasteiger partial charge in [0.2, 0.25) is 5.91 Å². The van der Waals surface area contributed by atoms with E-state index in [2.05, 4.69) is 31.4 Å². The minimum atomic E-state index is -0.840. The van der Waals surface area contributed by atoms with Crippen LogP contribution < -0.4 is 10.6 Å². The Morgan fingerprint density at radius 1 is 1.14 bits per heavy atom. The third kappa shape index (κ3) is 6.05. The molecule has 0 atom stereocenters. The summed E-state index contributed by atoms with van der Waals surface area (Å²) < 4.78 is 0. The summed E-state index contributed by atoms with van der Waals surface area (Å²) in [6.07, 6.45) is 1.46. The van der Waals surface area contributed by atoms with E-state index in [1.165, 1.54) is 0 Å². The van der Waals surface area contributed by atoms with E-state index in [0.29, 0.717) is 12.1 Å². The van der Waals surface area contributed by atoms with Crippen LogP contribution in [0.3, 0.4) is 0 Å². The number of aliphatic carboxylic acids is 1. The lowest BCUT2D eigenvalue weighted by Gasteiger charge is -2.42. The van der Waals surface area contributed by atoms with Crippen molar-refractivity contribution in [3.8, 4) is 0 Å². The Balaban J connectivity index is 1.73. The third-order valence-corrected chi connectivity index (χ3v) is 5.16. The molecule has 1 fully saturated rings. The molecule has 1 aliphatic rings. The van der Waals surface area contributed by atoms with Gasteiger partial charge in [0.1, 0.15) is 0 Å². The molecule has 154 valence electrons. The number of hydrogen-bond donors (Lipinski definition) is 3. The molecule has 0 unspecified atom stereocenters. The normalized spacial score (nSPS) is 19.0. The fourth-order valence-corrected chi connectivity index (χ4v) is 3.34. The lowest BCUT2D eigenvalue weighted by molar-refractivity contribution is -0.139. The SMILES string of the molecule is CCN(CC(=O)O)C1CC(NC(=O)CNC(=O)c2ccc(C(C)(C)C)cc2)C1. The van der Waals surface area contributed by atoms with Gasteiger partial charge in [-0.2, -0.15) is 0 Å². The molecule has 0 aliphatic heterocycles. The molecule has 2 rings (SSSR count). The topological polar surface area (TPSA) is 98.7 Å². The Bertz CT molecular complexity index is 703. The zero-order valence-electron chi connectivity index (χ0n) is 17.1. The molecule has 2 amide bonds. The number of hydrogen-bond acceptors (Lipinski definition) is 4. The van der Waals surface area contributed by atoms with Gasteiger partial charge in [0.05, 0.1) is 13.1 Å². The Labute approximate surface area is 166 Å². The molecule has 7 nitrogen and oxygen atoms in total. The largest absolute Gasteiger partial charge is 0.480 e. The first-order valence-electron chi connectivity index (χ1n) is 9.74. The molecule has 1 aliphatic carbocycles.